The van der Waals surface area contributed by atoms with Crippen LogP contribution >= 0.6 is 0 Å². The monoisotopic (exact) mass is 236 g/mol. The van der Waals surface area contributed by atoms with Gasteiger partial charge in [-0.2, -0.15) is 13.2 Å². The van der Waals surface area contributed by atoms with Crippen LogP contribution < -0.4 is 10.6 Å². The first-order valence-corrected chi connectivity index (χ1v) is 4.82. The first kappa shape index (κ1) is 12.8. The fourth-order valence-corrected chi connectivity index (χ4v) is 1.25. The standard InChI is InChI=1S/C9H15F3N4/c1-8(2,4-14-5-9(10,11)12)16-7-3-13-6-15-7/h3,6,14,16H,4-5H2,1-2H3,(H,13,15). The number of nitrogens with one attached hydrogen (secondary N) is 3. The van der Waals surface area contributed by atoms with Crippen LogP contribution in [-0.2, 0) is 0 Å². The van der Waals surface area contributed by atoms with E-state index in [0.29, 0.717) is 5.82 Å². The van der Waals surface area contributed by atoms with Gasteiger partial charge >= 0.3 is 6.18 Å². The Bertz CT molecular complexity index is 305. The van der Waals surface area contributed by atoms with E-state index in [-0.39, 0.29) is 6.54 Å². The first-order valence-electron chi connectivity index (χ1n) is 4.82. The lowest BCUT2D eigenvalue weighted by molar-refractivity contribution is -0.125. The second-order valence-corrected chi connectivity index (χ2v) is 4.19. The second-order valence-electron chi connectivity index (χ2n) is 4.19. The Morgan fingerprint density at radius 2 is 2.00 bits per heavy atom. The van der Waals surface area contributed by atoms with Crippen molar-refractivity contribution in [1.29, 1.82) is 0 Å². The smallest absolute Gasteiger partial charge is 0.364 e. The highest BCUT2D eigenvalue weighted by molar-refractivity contribution is 5.34. The SMILES string of the molecule is CC(C)(CNCC(F)(F)F)Nc1cnc[nH]1. The maximum absolute atomic E-state index is 11.9. The quantitative estimate of drug-likeness (QED) is 0.730. The summed E-state index contributed by atoms with van der Waals surface area (Å²) >= 11 is 0. The predicted molar refractivity (Wildman–Crippen MR) is 55.2 cm³/mol. The van der Waals surface area contributed by atoms with Crippen LogP contribution in [0.2, 0.25) is 0 Å². The van der Waals surface area contributed by atoms with Gasteiger partial charge in [-0.15, -0.1) is 0 Å². The molecule has 1 aromatic rings. The molecule has 0 aliphatic heterocycles. The number of halogens is 3. The molecule has 0 aliphatic rings. The topological polar surface area (TPSA) is 52.7 Å². The van der Waals surface area contributed by atoms with Gasteiger partial charge in [0.15, 0.2) is 0 Å². The summed E-state index contributed by atoms with van der Waals surface area (Å²) in [6, 6.07) is 0. The van der Waals surface area contributed by atoms with Crippen molar-refractivity contribution in [2.75, 3.05) is 18.4 Å². The van der Waals surface area contributed by atoms with Gasteiger partial charge in [0.25, 0.3) is 0 Å². The summed E-state index contributed by atoms with van der Waals surface area (Å²) in [7, 11) is 0. The zero-order valence-electron chi connectivity index (χ0n) is 9.15. The number of hydrogen-bond donors (Lipinski definition) is 3. The Balaban J connectivity index is 2.34. The molecule has 0 spiro atoms. The zero-order chi connectivity index (χ0) is 12.2. The van der Waals surface area contributed by atoms with E-state index >= 15 is 0 Å². The Morgan fingerprint density at radius 1 is 1.31 bits per heavy atom. The Morgan fingerprint density at radius 3 is 2.50 bits per heavy atom. The van der Waals surface area contributed by atoms with E-state index in [0.717, 1.165) is 0 Å². The molecule has 0 saturated carbocycles. The molecule has 1 heterocycles. The van der Waals surface area contributed by atoms with Gasteiger partial charge in [0.1, 0.15) is 5.82 Å². The van der Waals surface area contributed by atoms with Crippen LogP contribution in [0.25, 0.3) is 0 Å². The molecule has 0 aromatic carbocycles. The minimum Gasteiger partial charge on any atom is -0.364 e. The van der Waals surface area contributed by atoms with Crippen LogP contribution in [0.5, 0.6) is 0 Å². The summed E-state index contributed by atoms with van der Waals surface area (Å²) in [5.41, 5.74) is -0.488. The third-order valence-corrected chi connectivity index (χ3v) is 1.86. The van der Waals surface area contributed by atoms with Crippen molar-refractivity contribution in [2.45, 2.75) is 25.6 Å². The van der Waals surface area contributed by atoms with Crippen molar-refractivity contribution < 1.29 is 13.2 Å². The number of alkyl halides is 3. The number of aromatic nitrogens is 2. The molecule has 0 atom stereocenters. The van der Waals surface area contributed by atoms with Crippen molar-refractivity contribution in [3.63, 3.8) is 0 Å². The minimum absolute atomic E-state index is 0.200. The number of nitrogens with zero attached hydrogens (tertiary/aromatic N) is 1. The van der Waals surface area contributed by atoms with Crippen LogP contribution in [-0.4, -0.2) is 34.8 Å². The molecule has 0 saturated heterocycles. The molecular weight excluding hydrogens is 221 g/mol. The summed E-state index contributed by atoms with van der Waals surface area (Å²) < 4.78 is 35.7. The number of hydrogen-bond acceptors (Lipinski definition) is 3. The van der Waals surface area contributed by atoms with Gasteiger partial charge in [-0.05, 0) is 13.8 Å². The van der Waals surface area contributed by atoms with Gasteiger partial charge < -0.3 is 15.6 Å². The predicted octanol–water partition coefficient (Wildman–Crippen LogP) is 1.75. The van der Waals surface area contributed by atoms with Crippen LogP contribution in [0.1, 0.15) is 13.8 Å². The third kappa shape index (κ3) is 5.01. The van der Waals surface area contributed by atoms with E-state index in [1.807, 2.05) is 0 Å². The summed E-state index contributed by atoms with van der Waals surface area (Å²) in [5, 5.41) is 5.39. The van der Waals surface area contributed by atoms with E-state index in [1.165, 1.54) is 6.33 Å². The number of imidazole rings is 1. The van der Waals surface area contributed by atoms with Crippen molar-refractivity contribution >= 4 is 5.82 Å². The van der Waals surface area contributed by atoms with Crippen molar-refractivity contribution in [3.05, 3.63) is 12.5 Å². The summed E-state index contributed by atoms with van der Waals surface area (Å²) in [4.78, 5) is 6.64. The first-order chi connectivity index (χ1) is 7.29. The van der Waals surface area contributed by atoms with Crippen molar-refractivity contribution in [2.24, 2.45) is 0 Å². The molecule has 0 unspecified atom stereocenters. The van der Waals surface area contributed by atoms with Crippen LogP contribution in [0.3, 0.4) is 0 Å². The molecule has 0 radical (unpaired) electrons. The lowest BCUT2D eigenvalue weighted by Crippen LogP contribution is -2.44. The molecule has 1 aromatic heterocycles. The molecule has 7 heteroatoms. The highest BCUT2D eigenvalue weighted by Gasteiger charge is 2.28. The average molecular weight is 236 g/mol. The number of H-pyrrole nitrogens is 1. The molecule has 92 valence electrons. The number of rotatable bonds is 5. The molecule has 1 rings (SSSR count). The Hall–Kier alpha value is -1.24. The fourth-order valence-electron chi connectivity index (χ4n) is 1.25. The zero-order valence-corrected chi connectivity index (χ0v) is 9.15. The second kappa shape index (κ2) is 4.73. The van der Waals surface area contributed by atoms with Crippen LogP contribution in [0, 0.1) is 0 Å². The molecule has 0 fully saturated rings. The van der Waals surface area contributed by atoms with Gasteiger partial charge in [-0.1, -0.05) is 0 Å². The van der Waals surface area contributed by atoms with E-state index in [9.17, 15) is 13.2 Å². The maximum Gasteiger partial charge on any atom is 0.401 e. The van der Waals surface area contributed by atoms with Crippen LogP contribution in [0.15, 0.2) is 12.5 Å². The van der Waals surface area contributed by atoms with Gasteiger partial charge in [0.2, 0.25) is 0 Å². The van der Waals surface area contributed by atoms with Gasteiger partial charge in [0.05, 0.1) is 19.1 Å². The highest BCUT2D eigenvalue weighted by Crippen LogP contribution is 2.14. The van der Waals surface area contributed by atoms with E-state index < -0.39 is 18.3 Å². The average Bonchev–Trinajstić information content (AvgIpc) is 2.52. The molecule has 16 heavy (non-hydrogen) atoms. The normalized spacial score (nSPS) is 12.8. The number of aromatic amines is 1. The highest BCUT2D eigenvalue weighted by atomic mass is 19.4. The van der Waals surface area contributed by atoms with Gasteiger partial charge in [-0.3, -0.25) is 0 Å². The lowest BCUT2D eigenvalue weighted by Gasteiger charge is -2.27. The van der Waals surface area contributed by atoms with E-state index in [2.05, 4.69) is 20.6 Å². The Labute approximate surface area is 91.6 Å². The lowest BCUT2D eigenvalue weighted by atomic mass is 10.1. The maximum atomic E-state index is 11.9. The fraction of sp³-hybridized carbons (Fsp3) is 0.667. The summed E-state index contributed by atoms with van der Waals surface area (Å²) in [6.07, 6.45) is -1.10. The van der Waals surface area contributed by atoms with E-state index in [4.69, 9.17) is 0 Å². The van der Waals surface area contributed by atoms with Gasteiger partial charge in [-0.25, -0.2) is 4.98 Å². The molecular formula is C9H15F3N4. The molecule has 0 bridgehead atoms. The Kier molecular flexibility index (Phi) is 3.79. The number of anilines is 1. The third-order valence-electron chi connectivity index (χ3n) is 1.86. The molecule has 0 aliphatic carbocycles. The van der Waals surface area contributed by atoms with E-state index in [1.54, 1.807) is 20.0 Å². The molecule has 3 N–H and O–H groups in total. The van der Waals surface area contributed by atoms with Crippen LogP contribution in [0.4, 0.5) is 19.0 Å². The van der Waals surface area contributed by atoms with Crippen molar-refractivity contribution in [3.8, 4) is 0 Å². The molecule has 4 nitrogen and oxygen atoms in total. The summed E-state index contributed by atoms with van der Waals surface area (Å²) in [6.45, 7) is 2.82. The summed E-state index contributed by atoms with van der Waals surface area (Å²) in [5.74, 6) is 0.679. The molecule has 0 amide bonds. The van der Waals surface area contributed by atoms with Crippen molar-refractivity contribution in [1.82, 2.24) is 15.3 Å². The largest absolute Gasteiger partial charge is 0.401 e. The van der Waals surface area contributed by atoms with Gasteiger partial charge in [0, 0.05) is 12.1 Å². The minimum atomic E-state index is -4.18.